The molecule has 0 bridgehead atoms. The van der Waals surface area contributed by atoms with Gasteiger partial charge in [0.15, 0.2) is 6.10 Å². The molecule has 0 rings (SSSR count). The number of allylic oxidation sites excluding steroid dienone is 17. The van der Waals surface area contributed by atoms with Gasteiger partial charge in [0.2, 0.25) is 0 Å². The summed E-state index contributed by atoms with van der Waals surface area (Å²) in [5.41, 5.74) is 0. The Hall–Kier alpha value is -3.86. The van der Waals surface area contributed by atoms with E-state index in [0.29, 0.717) is 19.3 Å². The van der Waals surface area contributed by atoms with E-state index in [9.17, 15) is 28.9 Å². The predicted octanol–water partition coefficient (Wildman–Crippen LogP) is 14.7. The van der Waals surface area contributed by atoms with Gasteiger partial charge in [0, 0.05) is 12.8 Å². The Balaban J connectivity index is 4.91. The van der Waals surface area contributed by atoms with Gasteiger partial charge in [-0.15, -0.1) is 0 Å². The van der Waals surface area contributed by atoms with Crippen LogP contribution in [0.15, 0.2) is 109 Å². The van der Waals surface area contributed by atoms with Gasteiger partial charge in [0.05, 0.1) is 26.2 Å². The number of hydrogen-bond donors (Lipinski definition) is 2. The van der Waals surface area contributed by atoms with Crippen molar-refractivity contribution in [2.24, 2.45) is 0 Å². The van der Waals surface area contributed by atoms with E-state index < -0.39 is 64.4 Å². The molecule has 0 aliphatic carbocycles. The van der Waals surface area contributed by atoms with Crippen LogP contribution in [0, 0.1) is 0 Å². The quantitative estimate of drug-likeness (QED) is 0.0197. The molecule has 0 spiro atoms. The standard InChI is InChI=1S/C56H91O11P/c1-4-7-10-13-16-19-22-25-26-29-30-33-36-39-42-45-54(58)63-49-53(67-56(60)47-44-41-38-35-32-28-24-21-18-15-12-9-6-3)51-65-68(61,62)64-50-52(48-57)66-55(59)46-43-40-37-34-31-27-23-20-17-14-11-8-5-2/h7,9-10,12,16,18-21,23,25-26,28,30,32-33,39,42,52-53,57H,4-6,8,11,13-15,17,22,24,27,29,31,34-38,40-41,43-51H2,1-3H3,(H,61,62)/b10-7-,12-9-,19-16-,21-18-,23-20-,26-25-,32-28-,33-30-,42-39-. The molecule has 0 aliphatic rings. The number of aliphatic hydroxyl groups is 1. The summed E-state index contributed by atoms with van der Waals surface area (Å²) in [5, 5.41) is 9.77. The summed E-state index contributed by atoms with van der Waals surface area (Å²) < 4.78 is 39.2. The van der Waals surface area contributed by atoms with Gasteiger partial charge in [0.25, 0.3) is 0 Å². The molecule has 386 valence electrons. The molecule has 0 radical (unpaired) electrons. The molecule has 0 saturated heterocycles. The van der Waals surface area contributed by atoms with Crippen LogP contribution < -0.4 is 0 Å². The smallest absolute Gasteiger partial charge is 0.461 e. The van der Waals surface area contributed by atoms with Crippen LogP contribution in [-0.2, 0) is 42.2 Å². The van der Waals surface area contributed by atoms with Gasteiger partial charge < -0.3 is 24.2 Å². The third kappa shape index (κ3) is 47.2. The summed E-state index contributed by atoms with van der Waals surface area (Å²) in [7, 11) is -4.78. The minimum atomic E-state index is -4.78. The summed E-state index contributed by atoms with van der Waals surface area (Å²) in [6.07, 6.45) is 58.1. The lowest BCUT2D eigenvalue weighted by Gasteiger charge is -2.21. The molecule has 0 aromatic rings. The van der Waals surface area contributed by atoms with Gasteiger partial charge in [-0.25, -0.2) is 4.57 Å². The fraction of sp³-hybridized carbons (Fsp3) is 0.625. The molecule has 11 nitrogen and oxygen atoms in total. The summed E-state index contributed by atoms with van der Waals surface area (Å²) >= 11 is 0. The van der Waals surface area contributed by atoms with E-state index in [2.05, 4.69) is 112 Å². The van der Waals surface area contributed by atoms with E-state index in [1.807, 2.05) is 12.2 Å². The Bertz CT molecular complexity index is 1550. The number of hydrogen-bond acceptors (Lipinski definition) is 10. The zero-order valence-corrected chi connectivity index (χ0v) is 43.2. The Labute approximate surface area is 412 Å². The fourth-order valence-electron chi connectivity index (χ4n) is 6.32. The average molecular weight is 971 g/mol. The van der Waals surface area contributed by atoms with Crippen LogP contribution in [0.2, 0.25) is 0 Å². The SMILES string of the molecule is CC/C=C\C/C=C\C/C=C\C/C=C\C/C=C\CC(=O)OCC(COP(=O)(O)OCC(CO)OC(=O)CCCCCCC/C=C\CCCCCC)OC(=O)CCCCC/C=C\C/C=C\C/C=C\CC. The molecular formula is C56H91O11P. The number of carbonyl (C=O) groups excluding carboxylic acids is 3. The second-order valence-corrected chi connectivity index (χ2v) is 18.0. The molecular weight excluding hydrogens is 880 g/mol. The largest absolute Gasteiger partial charge is 0.472 e. The van der Waals surface area contributed by atoms with E-state index in [4.69, 9.17) is 23.3 Å². The van der Waals surface area contributed by atoms with Crippen LogP contribution in [0.25, 0.3) is 0 Å². The van der Waals surface area contributed by atoms with Crippen molar-refractivity contribution in [3.63, 3.8) is 0 Å². The Kier molecular flexibility index (Phi) is 46.7. The first-order valence-corrected chi connectivity index (χ1v) is 27.3. The fourth-order valence-corrected chi connectivity index (χ4v) is 7.10. The van der Waals surface area contributed by atoms with Crippen LogP contribution in [-0.4, -0.2) is 66.5 Å². The number of aliphatic hydroxyl groups excluding tert-OH is 1. The molecule has 0 amide bonds. The van der Waals surface area contributed by atoms with Crippen molar-refractivity contribution in [3.8, 4) is 0 Å². The number of rotatable bonds is 46. The van der Waals surface area contributed by atoms with E-state index in [1.165, 1.54) is 25.7 Å². The first-order valence-electron chi connectivity index (χ1n) is 25.8. The monoisotopic (exact) mass is 971 g/mol. The topological polar surface area (TPSA) is 155 Å². The van der Waals surface area contributed by atoms with Crippen molar-refractivity contribution in [2.75, 3.05) is 26.4 Å². The number of ether oxygens (including phenoxy) is 3. The second kappa shape index (κ2) is 49.6. The molecule has 0 fully saturated rings. The highest BCUT2D eigenvalue weighted by Gasteiger charge is 2.28. The number of unbranched alkanes of at least 4 members (excludes halogenated alkanes) is 12. The van der Waals surface area contributed by atoms with E-state index in [1.54, 1.807) is 6.08 Å². The number of esters is 3. The first kappa shape index (κ1) is 64.1. The van der Waals surface area contributed by atoms with Crippen molar-refractivity contribution in [2.45, 2.75) is 200 Å². The summed E-state index contributed by atoms with van der Waals surface area (Å²) in [6.45, 7) is 4.20. The van der Waals surface area contributed by atoms with Crippen LogP contribution in [0.3, 0.4) is 0 Å². The van der Waals surface area contributed by atoms with Crippen molar-refractivity contribution in [3.05, 3.63) is 109 Å². The highest BCUT2D eigenvalue weighted by atomic mass is 31.2. The van der Waals surface area contributed by atoms with Crippen molar-refractivity contribution < 1.29 is 52.2 Å². The predicted molar refractivity (Wildman–Crippen MR) is 279 cm³/mol. The van der Waals surface area contributed by atoms with Crippen molar-refractivity contribution >= 4 is 25.7 Å². The minimum absolute atomic E-state index is 0.0177. The molecule has 0 aromatic heterocycles. The highest BCUT2D eigenvalue weighted by Crippen LogP contribution is 2.43. The molecule has 0 aromatic carbocycles. The van der Waals surface area contributed by atoms with Crippen LogP contribution in [0.1, 0.15) is 188 Å². The number of carbonyl (C=O) groups is 3. The summed E-state index contributed by atoms with van der Waals surface area (Å²) in [6, 6.07) is 0. The van der Waals surface area contributed by atoms with Gasteiger partial charge in [-0.3, -0.25) is 23.4 Å². The minimum Gasteiger partial charge on any atom is -0.461 e. The van der Waals surface area contributed by atoms with Gasteiger partial charge in [-0.2, -0.15) is 0 Å². The Morgan fingerprint density at radius 3 is 1.28 bits per heavy atom. The lowest BCUT2D eigenvalue weighted by molar-refractivity contribution is -0.161. The molecule has 12 heteroatoms. The third-order valence-corrected chi connectivity index (χ3v) is 11.1. The molecule has 68 heavy (non-hydrogen) atoms. The normalized spacial score (nSPS) is 14.4. The summed E-state index contributed by atoms with van der Waals surface area (Å²) in [5.74, 6) is -1.68. The lowest BCUT2D eigenvalue weighted by Crippen LogP contribution is -2.30. The molecule has 0 heterocycles. The third-order valence-electron chi connectivity index (χ3n) is 10.2. The molecule has 0 aliphatic heterocycles. The lowest BCUT2D eigenvalue weighted by atomic mass is 10.1. The zero-order chi connectivity index (χ0) is 49.9. The summed E-state index contributed by atoms with van der Waals surface area (Å²) in [4.78, 5) is 48.2. The zero-order valence-electron chi connectivity index (χ0n) is 42.3. The molecule has 3 atom stereocenters. The Morgan fingerprint density at radius 1 is 0.441 bits per heavy atom. The maximum absolute atomic E-state index is 12.8. The van der Waals surface area contributed by atoms with Gasteiger partial charge in [-0.1, -0.05) is 175 Å². The van der Waals surface area contributed by atoms with E-state index >= 15 is 0 Å². The molecule has 2 N–H and O–H groups in total. The van der Waals surface area contributed by atoms with Gasteiger partial charge >= 0.3 is 25.7 Å². The van der Waals surface area contributed by atoms with Crippen LogP contribution in [0.4, 0.5) is 0 Å². The Morgan fingerprint density at radius 2 is 0.809 bits per heavy atom. The number of phosphoric ester groups is 1. The van der Waals surface area contributed by atoms with Crippen LogP contribution in [0.5, 0.6) is 0 Å². The van der Waals surface area contributed by atoms with Crippen molar-refractivity contribution in [1.29, 1.82) is 0 Å². The first-order chi connectivity index (χ1) is 33.2. The average Bonchev–Trinajstić information content (AvgIpc) is 3.32. The second-order valence-electron chi connectivity index (χ2n) is 16.6. The maximum atomic E-state index is 12.8. The van der Waals surface area contributed by atoms with Gasteiger partial charge in [0.1, 0.15) is 12.7 Å². The highest BCUT2D eigenvalue weighted by molar-refractivity contribution is 7.47. The molecule has 3 unspecified atom stereocenters. The number of phosphoric acid groups is 1. The van der Waals surface area contributed by atoms with E-state index in [-0.39, 0.29) is 19.3 Å². The maximum Gasteiger partial charge on any atom is 0.472 e. The van der Waals surface area contributed by atoms with E-state index in [0.717, 1.165) is 103 Å². The van der Waals surface area contributed by atoms with Crippen molar-refractivity contribution in [1.82, 2.24) is 0 Å². The van der Waals surface area contributed by atoms with Crippen LogP contribution >= 0.6 is 7.82 Å². The molecule has 0 saturated carbocycles. The van der Waals surface area contributed by atoms with Gasteiger partial charge in [-0.05, 0) is 103 Å².